The quantitative estimate of drug-likeness (QED) is 0.336. The van der Waals surface area contributed by atoms with E-state index in [1.54, 1.807) is 42.1 Å². The van der Waals surface area contributed by atoms with E-state index < -0.39 is 0 Å². The minimum absolute atomic E-state index is 0.199. The number of nitrogens with one attached hydrogen (secondary N) is 1. The highest BCUT2D eigenvalue weighted by Gasteiger charge is 2.34. The third-order valence-corrected chi connectivity index (χ3v) is 5.80. The molecular formula is C25H20N2O3S. The summed E-state index contributed by atoms with van der Waals surface area (Å²) in [6.45, 7) is 0.347. The van der Waals surface area contributed by atoms with Gasteiger partial charge in [0.25, 0.3) is 11.8 Å². The molecule has 0 aliphatic carbocycles. The Morgan fingerprint density at radius 3 is 2.10 bits per heavy atom. The maximum atomic E-state index is 12.4. The van der Waals surface area contributed by atoms with Gasteiger partial charge in [0.2, 0.25) is 5.91 Å². The van der Waals surface area contributed by atoms with E-state index in [-0.39, 0.29) is 17.7 Å². The molecule has 0 saturated heterocycles. The second kappa shape index (κ2) is 9.45. The predicted molar refractivity (Wildman–Crippen MR) is 123 cm³/mol. The average molecular weight is 429 g/mol. The zero-order chi connectivity index (χ0) is 21.6. The highest BCUT2D eigenvalue weighted by Crippen LogP contribution is 2.25. The van der Waals surface area contributed by atoms with E-state index in [4.69, 9.17) is 0 Å². The Bertz CT molecular complexity index is 1110. The Kier molecular flexibility index (Phi) is 6.29. The van der Waals surface area contributed by atoms with Crippen molar-refractivity contribution in [2.75, 3.05) is 17.6 Å². The van der Waals surface area contributed by atoms with Gasteiger partial charge in [0.05, 0.1) is 11.1 Å². The molecule has 1 aliphatic rings. The van der Waals surface area contributed by atoms with Crippen LogP contribution in [0.2, 0.25) is 0 Å². The van der Waals surface area contributed by atoms with Crippen molar-refractivity contribution in [3.05, 3.63) is 102 Å². The van der Waals surface area contributed by atoms with Crippen LogP contribution >= 0.6 is 11.8 Å². The Morgan fingerprint density at radius 2 is 1.45 bits per heavy atom. The maximum absolute atomic E-state index is 12.4. The molecule has 0 atom stereocenters. The zero-order valence-corrected chi connectivity index (χ0v) is 17.5. The van der Waals surface area contributed by atoms with Gasteiger partial charge in [0.1, 0.15) is 0 Å². The minimum atomic E-state index is -0.234. The predicted octanol–water partition coefficient (Wildman–Crippen LogP) is 4.73. The molecule has 0 bridgehead atoms. The van der Waals surface area contributed by atoms with Gasteiger partial charge in [-0.15, -0.1) is 11.8 Å². The molecule has 0 aromatic heterocycles. The summed E-state index contributed by atoms with van der Waals surface area (Å²) in [6.07, 6.45) is 3.26. The largest absolute Gasteiger partial charge is 0.323 e. The van der Waals surface area contributed by atoms with Crippen LogP contribution in [0.3, 0.4) is 0 Å². The highest BCUT2D eigenvalue weighted by atomic mass is 32.2. The number of nitrogens with zero attached hydrogens (tertiary/aromatic N) is 1. The molecule has 1 aliphatic heterocycles. The van der Waals surface area contributed by atoms with E-state index in [0.717, 1.165) is 10.5 Å². The van der Waals surface area contributed by atoms with E-state index in [9.17, 15) is 14.4 Å². The lowest BCUT2D eigenvalue weighted by Gasteiger charge is -2.13. The number of hydrogen-bond acceptors (Lipinski definition) is 4. The molecular weight excluding hydrogens is 408 g/mol. The molecule has 0 radical (unpaired) electrons. The van der Waals surface area contributed by atoms with E-state index in [0.29, 0.717) is 29.1 Å². The van der Waals surface area contributed by atoms with Crippen LogP contribution in [0, 0.1) is 0 Å². The summed E-state index contributed by atoms with van der Waals surface area (Å²) in [7, 11) is 0. The van der Waals surface area contributed by atoms with Gasteiger partial charge in [-0.05, 0) is 48.0 Å². The lowest BCUT2D eigenvalue weighted by Crippen LogP contribution is -2.31. The van der Waals surface area contributed by atoms with E-state index >= 15 is 0 Å². The molecule has 0 spiro atoms. The van der Waals surface area contributed by atoms with Crippen molar-refractivity contribution < 1.29 is 14.4 Å². The van der Waals surface area contributed by atoms with Crippen LogP contribution in [0.15, 0.2) is 89.8 Å². The number of carbonyl (C=O) groups is 3. The second-order valence-corrected chi connectivity index (χ2v) is 8.08. The molecule has 31 heavy (non-hydrogen) atoms. The number of fused-ring (bicyclic) bond motifs is 1. The topological polar surface area (TPSA) is 66.5 Å². The van der Waals surface area contributed by atoms with Gasteiger partial charge in [0.15, 0.2) is 0 Å². The fourth-order valence-electron chi connectivity index (χ4n) is 3.25. The Labute approximate surface area is 184 Å². The van der Waals surface area contributed by atoms with Crippen LogP contribution < -0.4 is 5.32 Å². The summed E-state index contributed by atoms with van der Waals surface area (Å²) in [5.74, 6) is -0.0720. The first-order valence-electron chi connectivity index (χ1n) is 9.84. The van der Waals surface area contributed by atoms with Crippen LogP contribution in [0.5, 0.6) is 0 Å². The molecule has 0 saturated carbocycles. The molecule has 3 amide bonds. The minimum Gasteiger partial charge on any atom is -0.323 e. The summed E-state index contributed by atoms with van der Waals surface area (Å²) in [6, 6.07) is 24.0. The lowest BCUT2D eigenvalue weighted by molar-refractivity contribution is -0.111. The molecule has 4 rings (SSSR count). The van der Waals surface area contributed by atoms with E-state index in [2.05, 4.69) is 5.32 Å². The third kappa shape index (κ3) is 4.92. The smallest absolute Gasteiger partial charge is 0.261 e. The first-order valence-corrected chi connectivity index (χ1v) is 10.8. The summed E-state index contributed by atoms with van der Waals surface area (Å²) >= 11 is 1.55. The second-order valence-electron chi connectivity index (χ2n) is 6.91. The molecule has 3 aromatic rings. The first-order chi connectivity index (χ1) is 15.1. The fraction of sp³-hybridized carbons (Fsp3) is 0.0800. The van der Waals surface area contributed by atoms with Gasteiger partial charge >= 0.3 is 0 Å². The van der Waals surface area contributed by atoms with Crippen molar-refractivity contribution in [2.45, 2.75) is 4.90 Å². The first kappa shape index (κ1) is 20.6. The van der Waals surface area contributed by atoms with Crippen molar-refractivity contribution in [3.8, 4) is 0 Å². The molecule has 1 N–H and O–H groups in total. The van der Waals surface area contributed by atoms with Crippen molar-refractivity contribution in [1.29, 1.82) is 0 Å². The summed E-state index contributed by atoms with van der Waals surface area (Å²) < 4.78 is 0. The van der Waals surface area contributed by atoms with Gasteiger partial charge < -0.3 is 5.32 Å². The third-order valence-electron chi connectivity index (χ3n) is 4.81. The summed E-state index contributed by atoms with van der Waals surface area (Å²) in [5, 5.41) is 2.83. The van der Waals surface area contributed by atoms with E-state index in [1.807, 2.05) is 54.6 Å². The summed E-state index contributed by atoms with van der Waals surface area (Å²) in [5.41, 5.74) is 2.60. The van der Waals surface area contributed by atoms with Crippen LogP contribution in [-0.4, -0.2) is 34.9 Å². The van der Waals surface area contributed by atoms with Gasteiger partial charge in [-0.1, -0.05) is 42.5 Å². The number of carbonyl (C=O) groups excluding carboxylic acids is 3. The molecule has 154 valence electrons. The van der Waals surface area contributed by atoms with Gasteiger partial charge in [0, 0.05) is 29.0 Å². The highest BCUT2D eigenvalue weighted by molar-refractivity contribution is 7.99. The monoisotopic (exact) mass is 428 g/mol. The average Bonchev–Trinajstić information content (AvgIpc) is 3.05. The number of hydrogen-bond donors (Lipinski definition) is 1. The van der Waals surface area contributed by atoms with Crippen LogP contribution in [0.25, 0.3) is 6.08 Å². The lowest BCUT2D eigenvalue weighted by atomic mass is 10.1. The Balaban J connectivity index is 1.27. The van der Waals surface area contributed by atoms with E-state index in [1.165, 1.54) is 11.0 Å². The fourth-order valence-corrected chi connectivity index (χ4v) is 4.09. The van der Waals surface area contributed by atoms with Crippen molar-refractivity contribution >= 4 is 41.2 Å². The number of thioether (sulfide) groups is 1. The van der Waals surface area contributed by atoms with Crippen molar-refractivity contribution in [2.24, 2.45) is 0 Å². The Hall–Kier alpha value is -3.64. The van der Waals surface area contributed by atoms with Gasteiger partial charge in [-0.2, -0.15) is 0 Å². The van der Waals surface area contributed by atoms with Crippen LogP contribution in [-0.2, 0) is 4.79 Å². The van der Waals surface area contributed by atoms with Crippen molar-refractivity contribution in [3.63, 3.8) is 0 Å². The maximum Gasteiger partial charge on any atom is 0.261 e. The summed E-state index contributed by atoms with van der Waals surface area (Å²) in [4.78, 5) is 39.1. The SMILES string of the molecule is O=C(/C=C/c1ccccc1)Nc1ccc(SCCN2C(=O)c3ccccc3C2=O)cc1. The molecule has 1 heterocycles. The van der Waals surface area contributed by atoms with Crippen LogP contribution in [0.1, 0.15) is 26.3 Å². The number of imide groups is 1. The standard InChI is InChI=1S/C25H20N2O3S/c28-23(15-10-18-6-2-1-3-7-18)26-19-11-13-20(14-12-19)31-17-16-27-24(29)21-8-4-5-9-22(21)25(27)30/h1-15H,16-17H2,(H,26,28)/b15-10+. The number of benzene rings is 3. The number of anilines is 1. The van der Waals surface area contributed by atoms with Crippen LogP contribution in [0.4, 0.5) is 5.69 Å². The Morgan fingerprint density at radius 1 is 0.839 bits per heavy atom. The number of rotatable bonds is 7. The zero-order valence-electron chi connectivity index (χ0n) is 16.7. The molecule has 6 heteroatoms. The number of amides is 3. The van der Waals surface area contributed by atoms with Gasteiger partial charge in [-0.25, -0.2) is 0 Å². The van der Waals surface area contributed by atoms with Crippen molar-refractivity contribution in [1.82, 2.24) is 4.90 Å². The molecule has 3 aromatic carbocycles. The molecule has 0 unspecified atom stereocenters. The molecule has 0 fully saturated rings. The molecule has 5 nitrogen and oxygen atoms in total. The normalized spacial score (nSPS) is 13.0. The van der Waals surface area contributed by atoms with Gasteiger partial charge in [-0.3, -0.25) is 19.3 Å².